The van der Waals surface area contributed by atoms with Crippen LogP contribution in [0.15, 0.2) is 28.9 Å². The summed E-state index contributed by atoms with van der Waals surface area (Å²) < 4.78 is 0. The van der Waals surface area contributed by atoms with Crippen LogP contribution in [-0.2, 0) is 0 Å². The molecule has 1 nitrogen and oxygen atoms in total. The monoisotopic (exact) mass is 175 g/mol. The molecule has 62 valence electrons. The second kappa shape index (κ2) is 2.63. The van der Waals surface area contributed by atoms with Crippen molar-refractivity contribution in [1.82, 2.24) is 0 Å². The molecular formula is C10H13NSi. The van der Waals surface area contributed by atoms with Crippen LogP contribution < -0.4 is 0 Å². The summed E-state index contributed by atoms with van der Waals surface area (Å²) in [6, 6.07) is 0. The van der Waals surface area contributed by atoms with E-state index in [0.717, 1.165) is 0 Å². The van der Waals surface area contributed by atoms with Crippen molar-refractivity contribution in [2.24, 2.45) is 10.9 Å². The first-order chi connectivity index (χ1) is 5.70. The molecule has 1 atom stereocenters. The van der Waals surface area contributed by atoms with Gasteiger partial charge in [-0.05, 0) is 22.7 Å². The highest BCUT2D eigenvalue weighted by atomic mass is 28.2. The topological polar surface area (TPSA) is 12.4 Å². The zero-order valence-corrected chi connectivity index (χ0v) is 8.76. The molecule has 0 saturated carbocycles. The smallest absolute Gasteiger partial charge is 0.0690 e. The normalized spacial score (nSPS) is 25.6. The fraction of sp³-hybridized carbons (Fsp3) is 0.400. The van der Waals surface area contributed by atoms with Gasteiger partial charge in [-0.3, -0.25) is 4.99 Å². The van der Waals surface area contributed by atoms with Gasteiger partial charge in [-0.2, -0.15) is 0 Å². The zero-order chi connectivity index (χ0) is 8.72. The van der Waals surface area contributed by atoms with Crippen LogP contribution in [0.5, 0.6) is 0 Å². The fourth-order valence-corrected chi connectivity index (χ4v) is 3.64. The molecule has 0 amide bonds. The first-order valence-corrected chi connectivity index (χ1v) is 6.84. The van der Waals surface area contributed by atoms with Crippen molar-refractivity contribution in [3.8, 4) is 0 Å². The first kappa shape index (κ1) is 7.86. The molecule has 0 aromatic rings. The predicted octanol–water partition coefficient (Wildman–Crippen LogP) is 2.04. The van der Waals surface area contributed by atoms with Crippen LogP contribution in [-0.4, -0.2) is 19.3 Å². The van der Waals surface area contributed by atoms with E-state index in [1.54, 1.807) is 5.17 Å². The molecule has 0 saturated heterocycles. The van der Waals surface area contributed by atoms with E-state index in [9.17, 15) is 0 Å². The zero-order valence-electron chi connectivity index (χ0n) is 7.76. The van der Waals surface area contributed by atoms with Gasteiger partial charge >= 0.3 is 0 Å². The van der Waals surface area contributed by atoms with Crippen molar-refractivity contribution in [2.45, 2.75) is 20.0 Å². The Morgan fingerprint density at radius 3 is 2.83 bits per heavy atom. The molecule has 2 aliphatic rings. The third kappa shape index (κ3) is 0.984. The first-order valence-electron chi connectivity index (χ1n) is 4.34. The van der Waals surface area contributed by atoms with Crippen LogP contribution in [0.4, 0.5) is 0 Å². The Morgan fingerprint density at radius 1 is 1.42 bits per heavy atom. The van der Waals surface area contributed by atoms with Crippen LogP contribution in [0.1, 0.15) is 6.92 Å². The summed E-state index contributed by atoms with van der Waals surface area (Å²) in [6.45, 7) is 6.96. The summed E-state index contributed by atoms with van der Waals surface area (Å²) >= 11 is 0. The molecule has 0 fully saturated rings. The van der Waals surface area contributed by atoms with Crippen molar-refractivity contribution >= 4 is 19.3 Å². The Labute approximate surface area is 74.7 Å². The Balaban J connectivity index is 2.52. The molecule has 0 N–H and O–H groups in total. The molecule has 1 heterocycles. The van der Waals surface area contributed by atoms with E-state index in [4.69, 9.17) is 0 Å². The number of hydrogen-bond acceptors (Lipinski definition) is 1. The number of hydrogen-bond donors (Lipinski definition) is 0. The van der Waals surface area contributed by atoms with Gasteiger partial charge in [-0.15, -0.1) is 0 Å². The maximum atomic E-state index is 4.41. The maximum Gasteiger partial charge on any atom is 0.0690 e. The maximum absolute atomic E-state index is 4.41. The lowest BCUT2D eigenvalue weighted by atomic mass is 10.1. The highest BCUT2D eigenvalue weighted by Gasteiger charge is 2.25. The van der Waals surface area contributed by atoms with E-state index in [1.807, 2.05) is 6.20 Å². The van der Waals surface area contributed by atoms with Gasteiger partial charge in [0.15, 0.2) is 0 Å². The molecule has 2 rings (SSSR count). The van der Waals surface area contributed by atoms with Crippen LogP contribution >= 0.6 is 0 Å². The molecule has 0 spiro atoms. The van der Waals surface area contributed by atoms with Gasteiger partial charge in [0.05, 0.1) is 5.71 Å². The second-order valence-electron chi connectivity index (χ2n) is 3.62. The summed E-state index contributed by atoms with van der Waals surface area (Å²) in [7, 11) is -0.320. The average molecular weight is 175 g/mol. The number of allylic oxidation sites excluding steroid dienone is 3. The van der Waals surface area contributed by atoms with E-state index < -0.39 is 0 Å². The molecule has 1 aliphatic carbocycles. The standard InChI is InChI=1S/C10H13NSi/c1-7-6-8-4-5-11-9(8)10(7)12(2)3/h4-7H,1-3H3. The van der Waals surface area contributed by atoms with E-state index in [-0.39, 0.29) is 8.41 Å². The summed E-state index contributed by atoms with van der Waals surface area (Å²) in [6.07, 6.45) is 6.36. The summed E-state index contributed by atoms with van der Waals surface area (Å²) in [5.74, 6) is 0.632. The molecule has 12 heavy (non-hydrogen) atoms. The minimum atomic E-state index is -0.320. The highest BCUT2D eigenvalue weighted by Crippen LogP contribution is 2.23. The van der Waals surface area contributed by atoms with Crippen molar-refractivity contribution < 1.29 is 0 Å². The lowest BCUT2D eigenvalue weighted by Crippen LogP contribution is -2.21. The summed E-state index contributed by atoms with van der Waals surface area (Å²) in [4.78, 5) is 4.41. The van der Waals surface area contributed by atoms with Crippen molar-refractivity contribution in [2.75, 3.05) is 0 Å². The Bertz CT molecular complexity index is 341. The van der Waals surface area contributed by atoms with Gasteiger partial charge in [0.1, 0.15) is 0 Å². The lowest BCUT2D eigenvalue weighted by molar-refractivity contribution is 1.04. The van der Waals surface area contributed by atoms with Gasteiger partial charge in [0, 0.05) is 14.6 Å². The Kier molecular flexibility index (Phi) is 1.72. The third-order valence-corrected chi connectivity index (χ3v) is 4.18. The van der Waals surface area contributed by atoms with E-state index >= 15 is 0 Å². The number of fused-ring (bicyclic) bond motifs is 1. The van der Waals surface area contributed by atoms with Crippen molar-refractivity contribution in [3.63, 3.8) is 0 Å². The van der Waals surface area contributed by atoms with Crippen LogP contribution in [0.3, 0.4) is 0 Å². The number of aliphatic imine (C=N–C) groups is 1. The van der Waals surface area contributed by atoms with Crippen molar-refractivity contribution in [3.05, 3.63) is 23.9 Å². The summed E-state index contributed by atoms with van der Waals surface area (Å²) in [5.41, 5.74) is 2.63. The summed E-state index contributed by atoms with van der Waals surface area (Å²) in [5, 5.41) is 1.60. The predicted molar refractivity (Wildman–Crippen MR) is 56.3 cm³/mol. The van der Waals surface area contributed by atoms with Gasteiger partial charge in [0.25, 0.3) is 0 Å². The average Bonchev–Trinajstić information content (AvgIpc) is 2.44. The Hall–Kier alpha value is -0.763. The van der Waals surface area contributed by atoms with Crippen molar-refractivity contribution in [1.29, 1.82) is 0 Å². The van der Waals surface area contributed by atoms with E-state index in [2.05, 4.69) is 37.2 Å². The fourth-order valence-electron chi connectivity index (χ4n) is 1.97. The van der Waals surface area contributed by atoms with E-state index in [1.165, 1.54) is 11.3 Å². The molecule has 1 unspecified atom stereocenters. The lowest BCUT2D eigenvalue weighted by Gasteiger charge is -2.06. The molecular weight excluding hydrogens is 162 g/mol. The number of rotatable bonds is 0. The van der Waals surface area contributed by atoms with Gasteiger partial charge in [-0.25, -0.2) is 0 Å². The second-order valence-corrected chi connectivity index (χ2v) is 6.16. The Morgan fingerprint density at radius 2 is 2.17 bits per heavy atom. The minimum Gasteiger partial charge on any atom is -0.256 e. The molecule has 1 aliphatic heterocycles. The van der Waals surface area contributed by atoms with Crippen LogP contribution in [0.25, 0.3) is 0 Å². The molecule has 0 bridgehead atoms. The molecule has 0 aromatic carbocycles. The van der Waals surface area contributed by atoms with Gasteiger partial charge in [0.2, 0.25) is 0 Å². The number of nitrogens with zero attached hydrogens (tertiary/aromatic N) is 1. The largest absolute Gasteiger partial charge is 0.256 e. The van der Waals surface area contributed by atoms with Crippen LogP contribution in [0.2, 0.25) is 13.1 Å². The quantitative estimate of drug-likeness (QED) is 0.500. The highest BCUT2D eigenvalue weighted by molar-refractivity contribution is 6.85. The molecule has 2 heteroatoms. The van der Waals surface area contributed by atoms with Gasteiger partial charge < -0.3 is 0 Å². The van der Waals surface area contributed by atoms with Crippen LogP contribution in [0, 0.1) is 5.92 Å². The van der Waals surface area contributed by atoms with E-state index in [0.29, 0.717) is 5.92 Å². The van der Waals surface area contributed by atoms with Gasteiger partial charge in [-0.1, -0.05) is 26.1 Å². The molecule has 0 aromatic heterocycles. The molecule has 0 radical (unpaired) electrons. The third-order valence-electron chi connectivity index (χ3n) is 2.41. The minimum absolute atomic E-state index is 0.320. The SMILES string of the molecule is CC1C=C2C=CN=C2C1=[Si](C)C.